The summed E-state index contributed by atoms with van der Waals surface area (Å²) in [5.74, 6) is 1.50. The minimum absolute atomic E-state index is 0.0302. The van der Waals surface area contributed by atoms with Crippen LogP contribution >= 0.6 is 0 Å². The molecule has 1 amide bonds. The van der Waals surface area contributed by atoms with Crippen LogP contribution in [0.5, 0.6) is 5.75 Å². The van der Waals surface area contributed by atoms with Crippen LogP contribution in [0.2, 0.25) is 0 Å². The van der Waals surface area contributed by atoms with E-state index in [-0.39, 0.29) is 12.5 Å². The van der Waals surface area contributed by atoms with Gasteiger partial charge < -0.3 is 15.4 Å². The Morgan fingerprint density at radius 2 is 1.95 bits per heavy atom. The van der Waals surface area contributed by atoms with Gasteiger partial charge in [-0.1, -0.05) is 19.1 Å². The number of carbonyl (C=O) groups excluding carboxylic acids is 1. The lowest BCUT2D eigenvalue weighted by Crippen LogP contribution is -2.30. The molecule has 0 saturated heterocycles. The molecule has 116 valence electrons. The van der Waals surface area contributed by atoms with Crippen LogP contribution in [0.15, 0.2) is 12.1 Å². The third kappa shape index (κ3) is 5.05. The Bertz CT molecular complexity index is 473. The number of ether oxygens (including phenoxy) is 1. The average Bonchev–Trinajstić information content (AvgIpc) is 3.26. The maximum absolute atomic E-state index is 11.7. The van der Waals surface area contributed by atoms with Gasteiger partial charge in [-0.25, -0.2) is 0 Å². The highest BCUT2D eigenvalue weighted by Crippen LogP contribution is 2.27. The van der Waals surface area contributed by atoms with Crippen LogP contribution in [-0.2, 0) is 11.3 Å². The molecule has 2 rings (SSSR count). The van der Waals surface area contributed by atoms with E-state index in [0.717, 1.165) is 36.5 Å². The van der Waals surface area contributed by atoms with E-state index in [1.54, 1.807) is 0 Å². The van der Waals surface area contributed by atoms with Gasteiger partial charge in [0.1, 0.15) is 5.75 Å². The van der Waals surface area contributed by atoms with Crippen molar-refractivity contribution in [3.05, 3.63) is 28.8 Å². The molecule has 0 unspecified atom stereocenters. The first-order valence-corrected chi connectivity index (χ1v) is 7.80. The summed E-state index contributed by atoms with van der Waals surface area (Å²) >= 11 is 0. The Kier molecular flexibility index (Phi) is 5.62. The van der Waals surface area contributed by atoms with Crippen molar-refractivity contribution in [3.63, 3.8) is 0 Å². The van der Waals surface area contributed by atoms with Gasteiger partial charge >= 0.3 is 0 Å². The van der Waals surface area contributed by atoms with E-state index in [4.69, 9.17) is 4.74 Å². The molecule has 0 aliphatic heterocycles. The quantitative estimate of drug-likeness (QED) is 0.772. The number of nitrogens with one attached hydrogen (secondary N) is 2. The second-order valence-electron chi connectivity index (χ2n) is 5.88. The van der Waals surface area contributed by atoms with Crippen molar-refractivity contribution in [1.82, 2.24) is 10.6 Å². The fourth-order valence-corrected chi connectivity index (χ4v) is 2.41. The van der Waals surface area contributed by atoms with E-state index >= 15 is 0 Å². The van der Waals surface area contributed by atoms with Crippen molar-refractivity contribution in [2.75, 3.05) is 19.7 Å². The van der Waals surface area contributed by atoms with Crippen molar-refractivity contribution in [3.8, 4) is 5.75 Å². The molecule has 0 radical (unpaired) electrons. The predicted molar refractivity (Wildman–Crippen MR) is 84.5 cm³/mol. The molecule has 1 fully saturated rings. The van der Waals surface area contributed by atoms with Gasteiger partial charge in [-0.15, -0.1) is 0 Å². The molecule has 0 bridgehead atoms. The van der Waals surface area contributed by atoms with Gasteiger partial charge in [-0.3, -0.25) is 4.79 Å². The Balaban J connectivity index is 1.87. The molecular formula is C17H26N2O2. The van der Waals surface area contributed by atoms with Crippen molar-refractivity contribution in [2.24, 2.45) is 5.92 Å². The zero-order valence-corrected chi connectivity index (χ0v) is 13.3. The van der Waals surface area contributed by atoms with Crippen LogP contribution < -0.4 is 15.4 Å². The van der Waals surface area contributed by atoms with Crippen molar-refractivity contribution >= 4 is 5.91 Å². The Morgan fingerprint density at radius 1 is 1.29 bits per heavy atom. The molecule has 1 aliphatic rings. The Morgan fingerprint density at radius 3 is 2.52 bits per heavy atom. The van der Waals surface area contributed by atoms with Crippen molar-refractivity contribution in [2.45, 2.75) is 40.2 Å². The van der Waals surface area contributed by atoms with E-state index in [0.29, 0.717) is 5.92 Å². The number of amides is 1. The largest absolute Gasteiger partial charge is 0.483 e. The molecule has 21 heavy (non-hydrogen) atoms. The smallest absolute Gasteiger partial charge is 0.257 e. The molecule has 0 heterocycles. The van der Waals surface area contributed by atoms with E-state index in [1.165, 1.54) is 18.4 Å². The van der Waals surface area contributed by atoms with Crippen LogP contribution in [0.25, 0.3) is 0 Å². The van der Waals surface area contributed by atoms with Gasteiger partial charge in [0.2, 0.25) is 0 Å². The molecule has 4 heteroatoms. The summed E-state index contributed by atoms with van der Waals surface area (Å²) in [7, 11) is 0. The monoisotopic (exact) mass is 290 g/mol. The van der Waals surface area contributed by atoms with Crippen LogP contribution in [0.1, 0.15) is 36.5 Å². The third-order valence-corrected chi connectivity index (χ3v) is 3.73. The number of aryl methyl sites for hydroxylation is 2. The fourth-order valence-electron chi connectivity index (χ4n) is 2.41. The first-order chi connectivity index (χ1) is 10.1. The SMILES string of the molecule is CCNCc1cc(C)c(OCC(=O)NCC2CC2)c(C)c1. The number of hydrogen-bond donors (Lipinski definition) is 2. The van der Waals surface area contributed by atoms with Crippen LogP contribution in [0, 0.1) is 19.8 Å². The number of carbonyl (C=O) groups is 1. The molecule has 2 N–H and O–H groups in total. The first kappa shape index (κ1) is 15.8. The summed E-state index contributed by atoms with van der Waals surface area (Å²) < 4.78 is 5.71. The maximum atomic E-state index is 11.7. The normalized spacial score (nSPS) is 14.0. The summed E-state index contributed by atoms with van der Waals surface area (Å²) in [6.07, 6.45) is 2.49. The topological polar surface area (TPSA) is 50.4 Å². The summed E-state index contributed by atoms with van der Waals surface area (Å²) in [5, 5.41) is 6.24. The zero-order chi connectivity index (χ0) is 15.2. The summed E-state index contributed by atoms with van der Waals surface area (Å²) in [6, 6.07) is 4.24. The van der Waals surface area contributed by atoms with E-state index < -0.39 is 0 Å². The molecule has 0 atom stereocenters. The second-order valence-corrected chi connectivity index (χ2v) is 5.88. The minimum atomic E-state index is -0.0302. The highest BCUT2D eigenvalue weighted by atomic mass is 16.5. The van der Waals surface area contributed by atoms with Gasteiger partial charge in [0, 0.05) is 13.1 Å². The third-order valence-electron chi connectivity index (χ3n) is 3.73. The highest BCUT2D eigenvalue weighted by molar-refractivity contribution is 5.77. The van der Waals surface area contributed by atoms with Crippen LogP contribution in [-0.4, -0.2) is 25.6 Å². The van der Waals surface area contributed by atoms with Gasteiger partial charge in [0.15, 0.2) is 6.61 Å². The maximum Gasteiger partial charge on any atom is 0.257 e. The lowest BCUT2D eigenvalue weighted by atomic mass is 10.1. The van der Waals surface area contributed by atoms with Gasteiger partial charge in [-0.2, -0.15) is 0 Å². The molecular weight excluding hydrogens is 264 g/mol. The number of rotatable bonds is 8. The van der Waals surface area contributed by atoms with Gasteiger partial charge in [-0.05, 0) is 55.8 Å². The van der Waals surface area contributed by atoms with E-state index in [9.17, 15) is 4.79 Å². The van der Waals surface area contributed by atoms with Crippen molar-refractivity contribution in [1.29, 1.82) is 0 Å². The minimum Gasteiger partial charge on any atom is -0.483 e. The molecule has 4 nitrogen and oxygen atoms in total. The Labute approximate surface area is 127 Å². The molecule has 1 aromatic rings. The zero-order valence-electron chi connectivity index (χ0n) is 13.3. The Hall–Kier alpha value is -1.55. The molecule has 1 saturated carbocycles. The number of benzene rings is 1. The van der Waals surface area contributed by atoms with E-state index in [1.807, 2.05) is 13.8 Å². The predicted octanol–water partition coefficient (Wildman–Crippen LogP) is 2.32. The van der Waals surface area contributed by atoms with Gasteiger partial charge in [0.05, 0.1) is 0 Å². The first-order valence-electron chi connectivity index (χ1n) is 7.80. The standard InChI is InChI=1S/C17H26N2O2/c1-4-18-9-15-7-12(2)17(13(3)8-15)21-11-16(20)19-10-14-5-6-14/h7-8,14,18H,4-6,9-11H2,1-3H3,(H,19,20). The summed E-state index contributed by atoms with van der Waals surface area (Å²) in [6.45, 7) is 8.86. The average molecular weight is 290 g/mol. The molecule has 0 aromatic heterocycles. The second kappa shape index (κ2) is 7.46. The lowest BCUT2D eigenvalue weighted by molar-refractivity contribution is -0.123. The van der Waals surface area contributed by atoms with Gasteiger partial charge in [0.25, 0.3) is 5.91 Å². The van der Waals surface area contributed by atoms with Crippen LogP contribution in [0.3, 0.4) is 0 Å². The summed E-state index contributed by atoms with van der Waals surface area (Å²) in [5.41, 5.74) is 3.41. The van der Waals surface area contributed by atoms with Crippen molar-refractivity contribution < 1.29 is 9.53 Å². The lowest BCUT2D eigenvalue weighted by Gasteiger charge is -2.14. The molecule has 0 spiro atoms. The highest BCUT2D eigenvalue weighted by Gasteiger charge is 2.21. The molecule has 1 aliphatic carbocycles. The van der Waals surface area contributed by atoms with E-state index in [2.05, 4.69) is 29.7 Å². The van der Waals surface area contributed by atoms with Crippen LogP contribution in [0.4, 0.5) is 0 Å². The number of hydrogen-bond acceptors (Lipinski definition) is 3. The summed E-state index contributed by atoms with van der Waals surface area (Å²) in [4.78, 5) is 11.7. The fraction of sp³-hybridized carbons (Fsp3) is 0.588. The molecule has 1 aromatic carbocycles.